The van der Waals surface area contributed by atoms with Crippen LogP contribution in [0.1, 0.15) is 52.9 Å². The Labute approximate surface area is 126 Å². The van der Waals surface area contributed by atoms with Crippen LogP contribution < -0.4 is 0 Å². The van der Waals surface area contributed by atoms with Crippen molar-refractivity contribution in [3.05, 3.63) is 11.6 Å². The van der Waals surface area contributed by atoms with Crippen molar-refractivity contribution < 1.29 is 32.6 Å². The van der Waals surface area contributed by atoms with Crippen LogP contribution in [0.3, 0.4) is 0 Å². The smallest absolute Gasteiger partial charge is 0.302 e. The summed E-state index contributed by atoms with van der Waals surface area (Å²) in [5, 5.41) is 0. The van der Waals surface area contributed by atoms with E-state index in [0.29, 0.717) is 6.42 Å². The van der Waals surface area contributed by atoms with Crippen LogP contribution in [0.4, 0.5) is 0 Å². The van der Waals surface area contributed by atoms with Crippen LogP contribution in [-0.4, -0.2) is 21.3 Å². The van der Waals surface area contributed by atoms with Crippen molar-refractivity contribution >= 4 is 15.6 Å². The van der Waals surface area contributed by atoms with Gasteiger partial charge in [0.25, 0.3) is 0 Å². The highest BCUT2D eigenvalue weighted by Crippen LogP contribution is 2.57. The molecule has 0 aliphatic heterocycles. The Bertz CT molecular complexity index is 416. The summed E-state index contributed by atoms with van der Waals surface area (Å²) in [6.45, 7) is 6.11. The highest BCUT2D eigenvalue weighted by atomic mass is 31.3. The lowest BCUT2D eigenvalue weighted by atomic mass is 10.0. The van der Waals surface area contributed by atoms with E-state index >= 15 is 0 Å². The van der Waals surface area contributed by atoms with Crippen LogP contribution in [0.2, 0.25) is 0 Å². The molecule has 0 radical (unpaired) electrons. The monoisotopic (exact) mass is 344 g/mol. The van der Waals surface area contributed by atoms with Crippen LogP contribution in [-0.2, 0) is 18.0 Å². The number of unbranched alkanes of at least 4 members (excludes halogenated alkanes) is 1. The zero-order chi connectivity index (χ0) is 16.5. The summed E-state index contributed by atoms with van der Waals surface area (Å²) in [4.78, 5) is 26.0. The van der Waals surface area contributed by atoms with Crippen LogP contribution in [0.25, 0.3) is 0 Å². The lowest BCUT2D eigenvalue weighted by Crippen LogP contribution is -2.02. The summed E-state index contributed by atoms with van der Waals surface area (Å²) in [6.07, 6.45) is 6.75. The predicted octanol–water partition coefficient (Wildman–Crippen LogP) is 3.77. The first-order chi connectivity index (χ1) is 9.56. The van der Waals surface area contributed by atoms with E-state index < -0.39 is 15.6 Å². The molecular formula is C12H26O7P2. The standard InChI is InChI=1S/C12H26O7P2/c1-4-11(2)7-5-6-8-12(3)9-10-18-21(16,17)19-20(13,14)15/h7,12H,4-6,8-10H2,1-3H3,(H,16,17)(H2,13,14,15). The van der Waals surface area contributed by atoms with Gasteiger partial charge in [-0.15, -0.1) is 0 Å². The third kappa shape index (κ3) is 13.4. The number of phosphoric acid groups is 2. The van der Waals surface area contributed by atoms with E-state index in [1.165, 1.54) is 5.57 Å². The molecule has 7 nitrogen and oxygen atoms in total. The number of rotatable bonds is 11. The molecule has 0 heterocycles. The van der Waals surface area contributed by atoms with Gasteiger partial charge in [0.05, 0.1) is 6.61 Å². The molecule has 0 aromatic heterocycles. The number of hydrogen-bond donors (Lipinski definition) is 3. The topological polar surface area (TPSA) is 113 Å². The van der Waals surface area contributed by atoms with E-state index in [0.717, 1.165) is 25.7 Å². The van der Waals surface area contributed by atoms with E-state index in [1.54, 1.807) is 0 Å². The molecule has 9 heteroatoms. The van der Waals surface area contributed by atoms with Gasteiger partial charge in [-0.1, -0.05) is 31.9 Å². The van der Waals surface area contributed by atoms with Gasteiger partial charge >= 0.3 is 15.6 Å². The molecule has 3 N–H and O–H groups in total. The Morgan fingerprint density at radius 2 is 1.86 bits per heavy atom. The molecule has 21 heavy (non-hydrogen) atoms. The summed E-state index contributed by atoms with van der Waals surface area (Å²) in [5.74, 6) is 0.287. The molecule has 0 spiro atoms. The second kappa shape index (κ2) is 9.90. The van der Waals surface area contributed by atoms with Gasteiger partial charge in [-0.2, -0.15) is 4.31 Å². The van der Waals surface area contributed by atoms with Crippen LogP contribution >= 0.6 is 15.6 Å². The van der Waals surface area contributed by atoms with E-state index in [4.69, 9.17) is 14.7 Å². The summed E-state index contributed by atoms with van der Waals surface area (Å²) >= 11 is 0. The minimum absolute atomic E-state index is 0.0846. The fourth-order valence-corrected chi connectivity index (χ4v) is 3.23. The van der Waals surface area contributed by atoms with Crippen LogP contribution in [0.5, 0.6) is 0 Å². The molecule has 0 saturated carbocycles. The highest BCUT2D eigenvalue weighted by molar-refractivity contribution is 7.60. The van der Waals surface area contributed by atoms with Crippen molar-refractivity contribution in [3.8, 4) is 0 Å². The molecule has 0 amide bonds. The lowest BCUT2D eigenvalue weighted by Gasteiger charge is -2.14. The van der Waals surface area contributed by atoms with Gasteiger partial charge in [0.1, 0.15) is 0 Å². The third-order valence-electron chi connectivity index (χ3n) is 3.03. The normalized spacial score (nSPS) is 17.5. The largest absolute Gasteiger partial charge is 0.481 e. The summed E-state index contributed by atoms with van der Waals surface area (Å²) in [7, 11) is -9.72. The number of hydrogen-bond acceptors (Lipinski definition) is 4. The molecule has 0 aliphatic carbocycles. The molecular weight excluding hydrogens is 318 g/mol. The number of phosphoric ester groups is 1. The fourth-order valence-electron chi connectivity index (χ4n) is 1.63. The van der Waals surface area contributed by atoms with Crippen molar-refractivity contribution in [2.45, 2.75) is 52.9 Å². The molecule has 0 bridgehead atoms. The van der Waals surface area contributed by atoms with E-state index in [2.05, 4.69) is 28.8 Å². The highest BCUT2D eigenvalue weighted by Gasteiger charge is 2.32. The van der Waals surface area contributed by atoms with Gasteiger partial charge in [-0.05, 0) is 38.5 Å². The third-order valence-corrected chi connectivity index (χ3v) is 5.21. The Morgan fingerprint density at radius 1 is 1.24 bits per heavy atom. The Kier molecular flexibility index (Phi) is 9.90. The van der Waals surface area contributed by atoms with Crippen molar-refractivity contribution in [3.63, 3.8) is 0 Å². The Balaban J connectivity index is 3.87. The SMILES string of the molecule is CCC(C)=CCCCC(C)CCOP(=O)(O)OP(=O)(O)O. The fraction of sp³-hybridized carbons (Fsp3) is 0.833. The quantitative estimate of drug-likeness (QED) is 0.297. The zero-order valence-electron chi connectivity index (χ0n) is 12.8. The Hall–Kier alpha value is -0.0000000000000000416. The number of allylic oxidation sites excluding steroid dienone is 2. The molecule has 2 unspecified atom stereocenters. The van der Waals surface area contributed by atoms with Gasteiger partial charge in [0.2, 0.25) is 0 Å². The average Bonchev–Trinajstić information content (AvgIpc) is 2.30. The van der Waals surface area contributed by atoms with Gasteiger partial charge in [0, 0.05) is 0 Å². The molecule has 0 saturated heterocycles. The average molecular weight is 344 g/mol. The van der Waals surface area contributed by atoms with E-state index in [-0.39, 0.29) is 12.5 Å². The van der Waals surface area contributed by atoms with E-state index in [9.17, 15) is 9.13 Å². The minimum atomic E-state index is -5.03. The summed E-state index contributed by atoms with van der Waals surface area (Å²) in [6, 6.07) is 0. The summed E-state index contributed by atoms with van der Waals surface area (Å²) in [5.41, 5.74) is 1.36. The molecule has 0 fully saturated rings. The van der Waals surface area contributed by atoms with Crippen LogP contribution in [0.15, 0.2) is 11.6 Å². The van der Waals surface area contributed by atoms with E-state index in [1.807, 2.05) is 6.92 Å². The Morgan fingerprint density at radius 3 is 2.38 bits per heavy atom. The maximum atomic E-state index is 11.2. The first-order valence-corrected chi connectivity index (χ1v) is 9.98. The van der Waals surface area contributed by atoms with Crippen molar-refractivity contribution in [1.82, 2.24) is 0 Å². The van der Waals surface area contributed by atoms with Gasteiger partial charge in [0.15, 0.2) is 0 Å². The molecule has 2 atom stereocenters. The molecule has 126 valence electrons. The summed E-state index contributed by atoms with van der Waals surface area (Å²) < 4.78 is 29.9. The first-order valence-electron chi connectivity index (χ1n) is 6.95. The van der Waals surface area contributed by atoms with Crippen LogP contribution in [0, 0.1) is 5.92 Å². The van der Waals surface area contributed by atoms with Gasteiger partial charge in [-0.3, -0.25) is 4.52 Å². The van der Waals surface area contributed by atoms with Crippen molar-refractivity contribution in [1.29, 1.82) is 0 Å². The van der Waals surface area contributed by atoms with Gasteiger partial charge < -0.3 is 14.7 Å². The second-order valence-electron chi connectivity index (χ2n) is 5.10. The van der Waals surface area contributed by atoms with Gasteiger partial charge in [-0.25, -0.2) is 9.13 Å². The maximum Gasteiger partial charge on any atom is 0.481 e. The zero-order valence-corrected chi connectivity index (χ0v) is 14.6. The first kappa shape index (κ1) is 21.0. The lowest BCUT2D eigenvalue weighted by molar-refractivity contribution is 0.170. The van der Waals surface area contributed by atoms with Crippen molar-refractivity contribution in [2.75, 3.05) is 6.61 Å². The molecule has 0 aromatic rings. The molecule has 0 aliphatic rings. The maximum absolute atomic E-state index is 11.2. The molecule has 0 aromatic carbocycles. The molecule has 0 rings (SSSR count). The second-order valence-corrected chi connectivity index (χ2v) is 7.93. The van der Waals surface area contributed by atoms with Crippen molar-refractivity contribution in [2.24, 2.45) is 5.92 Å². The minimum Gasteiger partial charge on any atom is -0.302 e. The predicted molar refractivity (Wildman–Crippen MR) is 80.6 cm³/mol.